The van der Waals surface area contributed by atoms with Crippen LogP contribution >= 0.6 is 23.8 Å². The Bertz CT molecular complexity index is 850. The molecule has 1 aliphatic heterocycles. The van der Waals surface area contributed by atoms with Gasteiger partial charge in [0.1, 0.15) is 0 Å². The zero-order chi connectivity index (χ0) is 22.2. The fraction of sp³-hybridized carbons (Fsp3) is 0.480. The molecule has 0 saturated carbocycles. The van der Waals surface area contributed by atoms with Gasteiger partial charge in [0.25, 0.3) is 0 Å². The first-order valence-corrected chi connectivity index (χ1v) is 11.9. The summed E-state index contributed by atoms with van der Waals surface area (Å²) in [5, 5.41) is 4.91. The van der Waals surface area contributed by atoms with Crippen molar-refractivity contribution in [3.05, 3.63) is 64.2 Å². The minimum Gasteiger partial charge on any atom is -0.379 e. The van der Waals surface area contributed by atoms with Gasteiger partial charge in [0.15, 0.2) is 5.11 Å². The zero-order valence-corrected chi connectivity index (χ0v) is 20.4. The Hall–Kier alpha value is -1.66. The van der Waals surface area contributed by atoms with Crippen molar-refractivity contribution >= 4 is 34.6 Å². The van der Waals surface area contributed by atoms with Gasteiger partial charge in [-0.25, -0.2) is 0 Å². The van der Waals surface area contributed by atoms with Gasteiger partial charge >= 0.3 is 0 Å². The number of morpholine rings is 1. The highest BCUT2D eigenvalue weighted by atomic mass is 35.5. The van der Waals surface area contributed by atoms with E-state index in [1.54, 1.807) is 0 Å². The summed E-state index contributed by atoms with van der Waals surface area (Å²) >= 11 is 12.1. The van der Waals surface area contributed by atoms with Crippen LogP contribution in [0.4, 0.5) is 5.69 Å². The van der Waals surface area contributed by atoms with Crippen molar-refractivity contribution < 1.29 is 4.74 Å². The topological polar surface area (TPSA) is 27.7 Å². The molecule has 2 aromatic carbocycles. The summed E-state index contributed by atoms with van der Waals surface area (Å²) < 4.78 is 5.46. The van der Waals surface area contributed by atoms with Gasteiger partial charge in [-0.15, -0.1) is 0 Å². The largest absolute Gasteiger partial charge is 0.379 e. The number of anilines is 1. The minimum atomic E-state index is 0.534. The van der Waals surface area contributed by atoms with Gasteiger partial charge in [-0.3, -0.25) is 4.90 Å². The molecule has 1 heterocycles. The van der Waals surface area contributed by atoms with Crippen LogP contribution < -0.4 is 5.32 Å². The number of nitrogens with one attached hydrogen (secondary N) is 1. The second-order valence-corrected chi connectivity index (χ2v) is 9.26. The standard InChI is InChI=1S/C25H34ClN3OS/c1-19(2)22-10-8-21(9-11-22)18-29(13-5-12-28-14-16-30-17-15-28)25(31)27-24-7-4-6-23(26)20(24)3/h4,6-11,19H,5,12-18H2,1-3H3,(H,27,31). The van der Waals surface area contributed by atoms with Gasteiger partial charge < -0.3 is 15.0 Å². The Balaban J connectivity index is 1.67. The Morgan fingerprint density at radius 1 is 1.16 bits per heavy atom. The average Bonchev–Trinajstić information content (AvgIpc) is 2.77. The van der Waals surface area contributed by atoms with Crippen LogP contribution in [-0.4, -0.2) is 54.3 Å². The molecule has 0 aliphatic carbocycles. The summed E-state index contributed by atoms with van der Waals surface area (Å²) in [5.74, 6) is 0.534. The molecule has 0 amide bonds. The molecule has 0 spiro atoms. The fourth-order valence-electron chi connectivity index (χ4n) is 3.73. The molecule has 1 aliphatic rings. The van der Waals surface area contributed by atoms with Crippen LogP contribution in [0.15, 0.2) is 42.5 Å². The van der Waals surface area contributed by atoms with Gasteiger partial charge in [0.2, 0.25) is 0 Å². The van der Waals surface area contributed by atoms with E-state index >= 15 is 0 Å². The Kier molecular flexibility index (Phi) is 9.15. The van der Waals surface area contributed by atoms with Crippen molar-refractivity contribution in [1.82, 2.24) is 9.80 Å². The van der Waals surface area contributed by atoms with Gasteiger partial charge in [-0.1, -0.05) is 55.8 Å². The highest BCUT2D eigenvalue weighted by molar-refractivity contribution is 7.80. The van der Waals surface area contributed by atoms with Gasteiger partial charge in [-0.05, 0) is 60.3 Å². The molecule has 31 heavy (non-hydrogen) atoms. The second kappa shape index (κ2) is 11.8. The van der Waals surface area contributed by atoms with E-state index in [-0.39, 0.29) is 0 Å². The van der Waals surface area contributed by atoms with Crippen LogP contribution in [-0.2, 0) is 11.3 Å². The first kappa shape index (κ1) is 24.0. The number of halogens is 1. The number of benzene rings is 2. The Morgan fingerprint density at radius 2 is 1.87 bits per heavy atom. The Labute approximate surface area is 197 Å². The molecule has 2 aromatic rings. The van der Waals surface area contributed by atoms with Crippen molar-refractivity contribution in [2.24, 2.45) is 0 Å². The van der Waals surface area contributed by atoms with Crippen molar-refractivity contribution in [2.75, 3.05) is 44.7 Å². The summed E-state index contributed by atoms with van der Waals surface area (Å²) in [5.41, 5.74) is 4.60. The molecular formula is C25H34ClN3OS. The van der Waals surface area contributed by atoms with Gasteiger partial charge in [-0.2, -0.15) is 0 Å². The maximum atomic E-state index is 6.30. The van der Waals surface area contributed by atoms with Crippen LogP contribution in [0.25, 0.3) is 0 Å². The van der Waals surface area contributed by atoms with E-state index in [2.05, 4.69) is 53.2 Å². The molecule has 168 valence electrons. The van der Waals surface area contributed by atoms with Crippen LogP contribution in [0.1, 0.15) is 42.9 Å². The smallest absolute Gasteiger partial charge is 0.173 e. The second-order valence-electron chi connectivity index (χ2n) is 8.47. The lowest BCUT2D eigenvalue weighted by molar-refractivity contribution is 0.0368. The normalized spacial score (nSPS) is 14.6. The molecule has 0 unspecified atom stereocenters. The highest BCUT2D eigenvalue weighted by Gasteiger charge is 2.15. The first-order valence-electron chi connectivity index (χ1n) is 11.1. The third-order valence-electron chi connectivity index (χ3n) is 5.82. The van der Waals surface area contributed by atoms with E-state index < -0.39 is 0 Å². The molecule has 1 saturated heterocycles. The first-order chi connectivity index (χ1) is 14.9. The summed E-state index contributed by atoms with van der Waals surface area (Å²) in [7, 11) is 0. The zero-order valence-electron chi connectivity index (χ0n) is 18.9. The predicted molar refractivity (Wildman–Crippen MR) is 135 cm³/mol. The summed E-state index contributed by atoms with van der Waals surface area (Å²) in [6.07, 6.45) is 1.06. The molecule has 0 radical (unpaired) electrons. The average molecular weight is 460 g/mol. The van der Waals surface area contributed by atoms with E-state index in [1.165, 1.54) is 11.1 Å². The molecule has 4 nitrogen and oxygen atoms in total. The molecule has 0 aromatic heterocycles. The molecule has 3 rings (SSSR count). The molecule has 1 fully saturated rings. The number of hydrogen-bond donors (Lipinski definition) is 1. The van der Waals surface area contributed by atoms with Gasteiger partial charge in [0, 0.05) is 43.4 Å². The molecule has 6 heteroatoms. The van der Waals surface area contributed by atoms with Crippen LogP contribution in [0.2, 0.25) is 5.02 Å². The van der Waals surface area contributed by atoms with E-state index in [4.69, 9.17) is 28.6 Å². The maximum Gasteiger partial charge on any atom is 0.173 e. The number of thiocarbonyl (C=S) groups is 1. The lowest BCUT2D eigenvalue weighted by atomic mass is 10.0. The van der Waals surface area contributed by atoms with Crippen LogP contribution in [0, 0.1) is 6.92 Å². The summed E-state index contributed by atoms with van der Waals surface area (Å²) in [4.78, 5) is 4.73. The lowest BCUT2D eigenvalue weighted by Crippen LogP contribution is -2.40. The van der Waals surface area contributed by atoms with E-state index in [9.17, 15) is 0 Å². The lowest BCUT2D eigenvalue weighted by Gasteiger charge is -2.30. The number of hydrogen-bond acceptors (Lipinski definition) is 3. The third kappa shape index (κ3) is 7.18. The van der Waals surface area contributed by atoms with E-state index in [0.29, 0.717) is 5.92 Å². The SMILES string of the molecule is Cc1c(Cl)cccc1NC(=S)N(CCCN1CCOCC1)Cc1ccc(C(C)C)cc1. The predicted octanol–water partition coefficient (Wildman–Crippen LogP) is 5.69. The van der Waals surface area contributed by atoms with Crippen LogP contribution in [0.5, 0.6) is 0 Å². The van der Waals surface area contributed by atoms with E-state index in [1.807, 2.05) is 25.1 Å². The Morgan fingerprint density at radius 3 is 2.55 bits per heavy atom. The van der Waals surface area contributed by atoms with Gasteiger partial charge in [0.05, 0.1) is 13.2 Å². The molecule has 1 N–H and O–H groups in total. The monoisotopic (exact) mass is 459 g/mol. The quantitative estimate of drug-likeness (QED) is 0.511. The number of rotatable bonds is 8. The van der Waals surface area contributed by atoms with Crippen LogP contribution in [0.3, 0.4) is 0 Å². The summed E-state index contributed by atoms with van der Waals surface area (Å²) in [6, 6.07) is 14.8. The minimum absolute atomic E-state index is 0.534. The maximum absolute atomic E-state index is 6.30. The number of nitrogens with zero attached hydrogens (tertiary/aromatic N) is 2. The molecule has 0 bridgehead atoms. The van der Waals surface area contributed by atoms with Crippen molar-refractivity contribution in [3.63, 3.8) is 0 Å². The van der Waals surface area contributed by atoms with E-state index in [0.717, 1.165) is 73.7 Å². The highest BCUT2D eigenvalue weighted by Crippen LogP contribution is 2.24. The van der Waals surface area contributed by atoms with Crippen molar-refractivity contribution in [2.45, 2.75) is 39.7 Å². The van der Waals surface area contributed by atoms with Crippen molar-refractivity contribution in [1.29, 1.82) is 0 Å². The fourth-order valence-corrected chi connectivity index (χ4v) is 4.17. The summed E-state index contributed by atoms with van der Waals surface area (Å²) in [6.45, 7) is 12.9. The van der Waals surface area contributed by atoms with Crippen molar-refractivity contribution in [3.8, 4) is 0 Å². The molecular weight excluding hydrogens is 426 g/mol. The molecule has 0 atom stereocenters. The third-order valence-corrected chi connectivity index (χ3v) is 6.59. The number of ether oxygens (including phenoxy) is 1.